The van der Waals surface area contributed by atoms with Gasteiger partial charge < -0.3 is 34.1 Å². The lowest BCUT2D eigenvalue weighted by Gasteiger charge is -2.36. The lowest BCUT2D eigenvalue weighted by atomic mass is 10.0. The molecule has 1 aliphatic rings. The number of rotatable bonds is 10. The smallest absolute Gasteiger partial charge is 0.335 e. The van der Waals surface area contributed by atoms with Gasteiger partial charge in [0, 0.05) is 30.4 Å². The second kappa shape index (κ2) is 11.6. The highest BCUT2D eigenvalue weighted by molar-refractivity contribution is 5.95. The number of nitrogens with zero attached hydrogens (tertiary/aromatic N) is 4. The van der Waals surface area contributed by atoms with Crippen molar-refractivity contribution >= 4 is 11.9 Å². The van der Waals surface area contributed by atoms with Gasteiger partial charge in [-0.3, -0.25) is 4.79 Å². The van der Waals surface area contributed by atoms with Gasteiger partial charge in [-0.05, 0) is 37.6 Å². The fourth-order valence-corrected chi connectivity index (χ4v) is 3.38. The van der Waals surface area contributed by atoms with Crippen molar-refractivity contribution in [2.24, 2.45) is 5.11 Å². The van der Waals surface area contributed by atoms with E-state index in [0.29, 0.717) is 0 Å². The van der Waals surface area contributed by atoms with Crippen molar-refractivity contribution in [2.75, 3.05) is 27.4 Å². The normalized spacial score (nSPS) is 20.5. The van der Waals surface area contributed by atoms with Crippen LogP contribution in [-0.4, -0.2) is 83.9 Å². The minimum absolute atomic E-state index is 0.0368. The topological polar surface area (TPSA) is 164 Å². The highest BCUT2D eigenvalue weighted by Crippen LogP contribution is 2.32. The second-order valence-electron chi connectivity index (χ2n) is 9.67. The van der Waals surface area contributed by atoms with Crippen molar-refractivity contribution in [3.8, 4) is 11.5 Å². The summed E-state index contributed by atoms with van der Waals surface area (Å²) >= 11 is 0. The maximum absolute atomic E-state index is 13.0. The van der Waals surface area contributed by atoms with E-state index >= 15 is 0 Å². The fourth-order valence-electron chi connectivity index (χ4n) is 3.38. The van der Waals surface area contributed by atoms with Crippen LogP contribution in [0, 0.1) is 0 Å². The summed E-state index contributed by atoms with van der Waals surface area (Å²) in [6.45, 7) is 7.52. The molecule has 0 bridgehead atoms. The van der Waals surface area contributed by atoms with E-state index in [1.54, 1.807) is 20.9 Å². The molecular formula is C23H34N4O8. The third kappa shape index (κ3) is 7.72. The number of phenols is 1. The number of likely N-dealkylation sites (N-methyl/N-ethyl adjacent to an activating group) is 1. The molecule has 1 aromatic rings. The maximum Gasteiger partial charge on any atom is 0.335 e. The number of carbonyl (C=O) groups is 2. The minimum atomic E-state index is -0.983. The first-order valence-corrected chi connectivity index (χ1v) is 11.1. The van der Waals surface area contributed by atoms with E-state index in [1.807, 2.05) is 13.8 Å². The molecule has 194 valence electrons. The van der Waals surface area contributed by atoms with E-state index in [2.05, 4.69) is 14.8 Å². The number of aliphatic hydroxyl groups excluding tert-OH is 1. The van der Waals surface area contributed by atoms with Crippen molar-refractivity contribution in [3.05, 3.63) is 34.2 Å². The van der Waals surface area contributed by atoms with Crippen molar-refractivity contribution < 1.29 is 38.7 Å². The zero-order valence-corrected chi connectivity index (χ0v) is 20.9. The van der Waals surface area contributed by atoms with Crippen LogP contribution in [0.4, 0.5) is 0 Å². The number of aromatic hydroxyl groups is 1. The SMILES string of the molecule is COC(=O)[C@@H]1CC(O)CC(Oc2ccc(C(=O)N(C)C(C)(C)COCC(C)(C)N=[N+]=[N-])cc2O)O1. The molecule has 12 heteroatoms. The van der Waals surface area contributed by atoms with Gasteiger partial charge in [0.15, 0.2) is 17.6 Å². The largest absolute Gasteiger partial charge is 0.504 e. The number of hydrogen-bond donors (Lipinski definition) is 2. The molecule has 35 heavy (non-hydrogen) atoms. The predicted molar refractivity (Wildman–Crippen MR) is 125 cm³/mol. The van der Waals surface area contributed by atoms with Crippen LogP contribution in [-0.2, 0) is 19.0 Å². The fraction of sp³-hybridized carbons (Fsp3) is 0.652. The molecule has 1 amide bonds. The molecule has 0 aliphatic carbocycles. The highest BCUT2D eigenvalue weighted by atomic mass is 16.7. The molecule has 3 atom stereocenters. The molecule has 2 unspecified atom stereocenters. The lowest BCUT2D eigenvalue weighted by molar-refractivity contribution is -0.197. The van der Waals surface area contributed by atoms with Gasteiger partial charge in [0.2, 0.25) is 6.29 Å². The Morgan fingerprint density at radius 3 is 2.54 bits per heavy atom. The zero-order chi connectivity index (χ0) is 26.4. The van der Waals surface area contributed by atoms with Gasteiger partial charge in [-0.2, -0.15) is 0 Å². The van der Waals surface area contributed by atoms with Crippen molar-refractivity contribution in [1.29, 1.82) is 0 Å². The molecule has 1 fully saturated rings. The zero-order valence-electron chi connectivity index (χ0n) is 20.9. The Hall–Kier alpha value is -3.05. The van der Waals surface area contributed by atoms with Gasteiger partial charge >= 0.3 is 5.97 Å². The average Bonchev–Trinajstić information content (AvgIpc) is 2.78. The molecule has 0 spiro atoms. The predicted octanol–water partition coefficient (Wildman–Crippen LogP) is 2.77. The van der Waals surface area contributed by atoms with Gasteiger partial charge in [-0.25, -0.2) is 4.79 Å². The summed E-state index contributed by atoms with van der Waals surface area (Å²) in [6, 6.07) is 4.18. The van der Waals surface area contributed by atoms with Crippen LogP contribution in [0.5, 0.6) is 11.5 Å². The summed E-state index contributed by atoms with van der Waals surface area (Å²) < 4.78 is 21.5. The lowest BCUT2D eigenvalue weighted by Crippen LogP contribution is -2.49. The van der Waals surface area contributed by atoms with E-state index in [-0.39, 0.29) is 49.0 Å². The van der Waals surface area contributed by atoms with Gasteiger partial charge in [0.05, 0.1) is 37.5 Å². The molecule has 0 aromatic heterocycles. The quantitative estimate of drug-likeness (QED) is 0.217. The number of aliphatic hydroxyl groups is 1. The Bertz CT molecular complexity index is 961. The molecule has 1 heterocycles. The average molecular weight is 495 g/mol. The monoisotopic (exact) mass is 494 g/mol. The van der Waals surface area contributed by atoms with E-state index in [1.165, 1.54) is 30.2 Å². The molecule has 0 saturated carbocycles. The number of methoxy groups -OCH3 is 1. The number of amides is 1. The third-order valence-electron chi connectivity index (χ3n) is 5.63. The van der Waals surface area contributed by atoms with Gasteiger partial charge in [-0.15, -0.1) is 0 Å². The Morgan fingerprint density at radius 1 is 1.26 bits per heavy atom. The summed E-state index contributed by atoms with van der Waals surface area (Å²) in [5.74, 6) is -1.24. The van der Waals surface area contributed by atoms with Crippen LogP contribution in [0.1, 0.15) is 50.9 Å². The third-order valence-corrected chi connectivity index (χ3v) is 5.63. The standard InChI is InChI=1S/C23H34N4O8/c1-22(2,25-26-24)12-33-13-23(3,4)27(5)20(30)14-7-8-17(16(29)9-14)34-19-11-15(28)10-18(35-19)21(31)32-6/h7-9,15,18-19,28-29H,10-13H2,1-6H3/t15?,18-,19?/m0/s1. The number of ether oxygens (including phenoxy) is 4. The Morgan fingerprint density at radius 2 is 1.94 bits per heavy atom. The van der Waals surface area contributed by atoms with Crippen LogP contribution in [0.2, 0.25) is 0 Å². The van der Waals surface area contributed by atoms with Crippen LogP contribution in [0.25, 0.3) is 10.4 Å². The Balaban J connectivity index is 2.04. The second-order valence-corrected chi connectivity index (χ2v) is 9.67. The number of esters is 1. The van der Waals surface area contributed by atoms with E-state index in [0.717, 1.165) is 0 Å². The number of carbonyl (C=O) groups excluding carboxylic acids is 2. The molecule has 1 aliphatic heterocycles. The van der Waals surface area contributed by atoms with Crippen LogP contribution < -0.4 is 4.74 Å². The first-order chi connectivity index (χ1) is 16.3. The first kappa shape index (κ1) is 28.2. The maximum atomic E-state index is 13.0. The Kier molecular flexibility index (Phi) is 9.33. The number of benzene rings is 1. The molecule has 2 N–H and O–H groups in total. The molecule has 1 aromatic carbocycles. The highest BCUT2D eigenvalue weighted by Gasteiger charge is 2.35. The number of azide groups is 1. The molecular weight excluding hydrogens is 460 g/mol. The van der Waals surface area contributed by atoms with Gasteiger partial charge in [0.25, 0.3) is 5.91 Å². The van der Waals surface area contributed by atoms with Gasteiger partial charge in [0.1, 0.15) is 0 Å². The molecule has 0 radical (unpaired) electrons. The minimum Gasteiger partial charge on any atom is -0.504 e. The Labute approximate surface area is 204 Å². The number of hydrogen-bond acceptors (Lipinski definition) is 9. The first-order valence-electron chi connectivity index (χ1n) is 11.1. The number of phenolic OH excluding ortho intramolecular Hbond substituents is 1. The molecule has 12 nitrogen and oxygen atoms in total. The summed E-state index contributed by atoms with van der Waals surface area (Å²) in [7, 11) is 2.84. The van der Waals surface area contributed by atoms with Gasteiger partial charge in [-0.1, -0.05) is 19.0 Å². The van der Waals surface area contributed by atoms with Crippen molar-refractivity contribution in [3.63, 3.8) is 0 Å². The van der Waals surface area contributed by atoms with Crippen LogP contribution >= 0.6 is 0 Å². The van der Waals surface area contributed by atoms with Crippen LogP contribution in [0.3, 0.4) is 0 Å². The van der Waals surface area contributed by atoms with Crippen molar-refractivity contribution in [1.82, 2.24) is 4.90 Å². The van der Waals surface area contributed by atoms with E-state index < -0.39 is 35.5 Å². The molecule has 1 saturated heterocycles. The van der Waals surface area contributed by atoms with Crippen molar-refractivity contribution in [2.45, 2.75) is 70.1 Å². The summed E-state index contributed by atoms with van der Waals surface area (Å²) in [5.41, 5.74) is 7.42. The van der Waals surface area contributed by atoms with E-state index in [4.69, 9.17) is 19.7 Å². The van der Waals surface area contributed by atoms with Crippen LogP contribution in [0.15, 0.2) is 23.3 Å². The molecule has 2 rings (SSSR count). The summed E-state index contributed by atoms with van der Waals surface area (Å²) in [6.07, 6.45) is -2.62. The summed E-state index contributed by atoms with van der Waals surface area (Å²) in [4.78, 5) is 29.1. The summed E-state index contributed by atoms with van der Waals surface area (Å²) in [5, 5.41) is 24.1. The van der Waals surface area contributed by atoms with E-state index in [9.17, 15) is 19.8 Å².